The van der Waals surface area contributed by atoms with Crippen LogP contribution >= 0.6 is 23.2 Å². The molecule has 2 heterocycles. The Morgan fingerprint density at radius 1 is 1.00 bits per heavy atom. The van der Waals surface area contributed by atoms with Gasteiger partial charge in [0.2, 0.25) is 0 Å². The van der Waals surface area contributed by atoms with Gasteiger partial charge in [-0.05, 0) is 45.0 Å². The first-order chi connectivity index (χ1) is 10.6. The van der Waals surface area contributed by atoms with Gasteiger partial charge in [0.15, 0.2) is 5.58 Å². The standard InChI is InChI=1S/C16H20Cl2N2O2/c17-12-10-14-15(11-13(12)18)22-16(21)20(14)9-5-8-19-6-3-1-2-4-7-19/h10-11H,1-9H2. The van der Waals surface area contributed by atoms with Gasteiger partial charge >= 0.3 is 5.76 Å². The van der Waals surface area contributed by atoms with Gasteiger partial charge in [-0.2, -0.15) is 0 Å². The molecule has 3 rings (SSSR count). The molecule has 1 aliphatic rings. The highest BCUT2D eigenvalue weighted by Gasteiger charge is 2.13. The fourth-order valence-corrected chi connectivity index (χ4v) is 3.39. The van der Waals surface area contributed by atoms with Crippen LogP contribution in [0.1, 0.15) is 32.1 Å². The van der Waals surface area contributed by atoms with E-state index in [9.17, 15) is 4.79 Å². The summed E-state index contributed by atoms with van der Waals surface area (Å²) in [7, 11) is 0. The van der Waals surface area contributed by atoms with Gasteiger partial charge in [0.25, 0.3) is 0 Å². The topological polar surface area (TPSA) is 38.4 Å². The zero-order chi connectivity index (χ0) is 15.5. The van der Waals surface area contributed by atoms with E-state index in [1.54, 1.807) is 16.7 Å². The second-order valence-corrected chi connectivity index (χ2v) is 6.68. The Morgan fingerprint density at radius 2 is 1.68 bits per heavy atom. The third-order valence-corrected chi connectivity index (χ3v) is 4.99. The normalized spacial score (nSPS) is 17.0. The predicted octanol–water partition coefficient (Wildman–Crippen LogP) is 4.17. The summed E-state index contributed by atoms with van der Waals surface area (Å²) >= 11 is 12.0. The molecule has 0 saturated carbocycles. The Hall–Kier alpha value is -0.970. The van der Waals surface area contributed by atoms with Crippen molar-refractivity contribution in [3.63, 3.8) is 0 Å². The van der Waals surface area contributed by atoms with Crippen molar-refractivity contribution < 1.29 is 4.42 Å². The number of aromatic nitrogens is 1. The lowest BCUT2D eigenvalue weighted by molar-refractivity contribution is 0.275. The first-order valence-corrected chi connectivity index (χ1v) is 8.61. The number of likely N-dealkylation sites (tertiary alicyclic amines) is 1. The fourth-order valence-electron chi connectivity index (χ4n) is 3.08. The molecule has 0 amide bonds. The lowest BCUT2D eigenvalue weighted by Crippen LogP contribution is -2.27. The average Bonchev–Trinajstić information content (AvgIpc) is 2.69. The van der Waals surface area contributed by atoms with Crippen molar-refractivity contribution in [2.45, 2.75) is 38.6 Å². The number of hydrogen-bond acceptors (Lipinski definition) is 3. The fraction of sp³-hybridized carbons (Fsp3) is 0.562. The third-order valence-electron chi connectivity index (χ3n) is 4.27. The van der Waals surface area contributed by atoms with Crippen LogP contribution in [-0.4, -0.2) is 29.1 Å². The van der Waals surface area contributed by atoms with Crippen molar-refractivity contribution in [2.24, 2.45) is 0 Å². The summed E-state index contributed by atoms with van der Waals surface area (Å²) in [6.07, 6.45) is 6.16. The quantitative estimate of drug-likeness (QED) is 0.836. The SMILES string of the molecule is O=c1oc2cc(Cl)c(Cl)cc2n1CCCN1CCCCCC1. The number of oxazole rings is 1. The minimum atomic E-state index is -0.343. The number of halogens is 2. The highest BCUT2D eigenvalue weighted by Crippen LogP contribution is 2.27. The van der Waals surface area contributed by atoms with Crippen molar-refractivity contribution in [3.8, 4) is 0 Å². The minimum absolute atomic E-state index is 0.343. The third kappa shape index (κ3) is 3.50. The van der Waals surface area contributed by atoms with Crippen molar-refractivity contribution in [2.75, 3.05) is 19.6 Å². The number of benzene rings is 1. The average molecular weight is 343 g/mol. The van der Waals surface area contributed by atoms with E-state index in [1.165, 1.54) is 38.8 Å². The first-order valence-electron chi connectivity index (χ1n) is 7.86. The largest absolute Gasteiger partial charge is 0.419 e. The Kier molecular flexibility index (Phi) is 5.11. The molecule has 2 aromatic rings. The Bertz CT molecular complexity index is 700. The molecule has 1 aromatic carbocycles. The molecule has 120 valence electrons. The maximum absolute atomic E-state index is 12.0. The van der Waals surface area contributed by atoms with Crippen LogP contribution in [0.5, 0.6) is 0 Å². The van der Waals surface area contributed by atoms with E-state index in [0.29, 0.717) is 22.2 Å². The summed E-state index contributed by atoms with van der Waals surface area (Å²) in [6, 6.07) is 3.31. The molecule has 0 unspecified atom stereocenters. The second-order valence-electron chi connectivity index (χ2n) is 5.86. The molecular formula is C16H20Cl2N2O2. The van der Waals surface area contributed by atoms with Crippen LogP contribution in [-0.2, 0) is 6.54 Å². The van der Waals surface area contributed by atoms with Gasteiger partial charge in [-0.1, -0.05) is 36.0 Å². The van der Waals surface area contributed by atoms with E-state index in [-0.39, 0.29) is 5.76 Å². The zero-order valence-corrected chi connectivity index (χ0v) is 14.0. The lowest BCUT2D eigenvalue weighted by Gasteiger charge is -2.19. The van der Waals surface area contributed by atoms with Crippen LogP contribution in [0.4, 0.5) is 0 Å². The Balaban J connectivity index is 1.69. The maximum atomic E-state index is 12.0. The van der Waals surface area contributed by atoms with Crippen LogP contribution in [0.15, 0.2) is 21.3 Å². The number of hydrogen-bond donors (Lipinski definition) is 0. The second kappa shape index (κ2) is 7.07. The molecule has 22 heavy (non-hydrogen) atoms. The summed E-state index contributed by atoms with van der Waals surface area (Å²) in [5.74, 6) is -0.343. The van der Waals surface area contributed by atoms with E-state index in [2.05, 4.69) is 4.90 Å². The van der Waals surface area contributed by atoms with Crippen LogP contribution in [0.3, 0.4) is 0 Å². The molecule has 6 heteroatoms. The van der Waals surface area contributed by atoms with Gasteiger partial charge in [0.05, 0.1) is 15.6 Å². The number of nitrogens with zero attached hydrogens (tertiary/aromatic N) is 2. The molecule has 0 bridgehead atoms. The van der Waals surface area contributed by atoms with Crippen LogP contribution in [0.25, 0.3) is 11.1 Å². The number of aryl methyl sites for hydroxylation is 1. The first kappa shape index (κ1) is 15.9. The zero-order valence-electron chi connectivity index (χ0n) is 12.5. The summed E-state index contributed by atoms with van der Waals surface area (Å²) in [5, 5.41) is 0.843. The van der Waals surface area contributed by atoms with Gasteiger partial charge in [-0.3, -0.25) is 4.57 Å². The Morgan fingerprint density at radius 3 is 2.41 bits per heavy atom. The molecule has 0 atom stereocenters. The molecule has 0 radical (unpaired) electrons. The molecule has 0 N–H and O–H groups in total. The predicted molar refractivity (Wildman–Crippen MR) is 90.0 cm³/mol. The van der Waals surface area contributed by atoms with Crippen molar-refractivity contribution in [3.05, 3.63) is 32.7 Å². The van der Waals surface area contributed by atoms with Crippen molar-refractivity contribution >= 4 is 34.3 Å². The molecular weight excluding hydrogens is 323 g/mol. The number of rotatable bonds is 4. The maximum Gasteiger partial charge on any atom is 0.419 e. The van der Waals surface area contributed by atoms with E-state index in [0.717, 1.165) is 18.5 Å². The summed E-state index contributed by atoms with van der Waals surface area (Å²) in [6.45, 7) is 3.99. The number of fused-ring (bicyclic) bond motifs is 1. The van der Waals surface area contributed by atoms with Crippen LogP contribution in [0, 0.1) is 0 Å². The smallest absolute Gasteiger partial charge is 0.408 e. The Labute approximate surface area is 139 Å². The highest BCUT2D eigenvalue weighted by atomic mass is 35.5. The molecule has 0 aliphatic carbocycles. The molecule has 4 nitrogen and oxygen atoms in total. The van der Waals surface area contributed by atoms with Gasteiger partial charge in [0.1, 0.15) is 0 Å². The molecule has 1 aromatic heterocycles. The van der Waals surface area contributed by atoms with Gasteiger partial charge < -0.3 is 9.32 Å². The molecule has 0 spiro atoms. The highest BCUT2D eigenvalue weighted by molar-refractivity contribution is 6.42. The van der Waals surface area contributed by atoms with E-state index >= 15 is 0 Å². The molecule has 1 fully saturated rings. The summed E-state index contributed by atoms with van der Waals surface area (Å²) in [4.78, 5) is 14.5. The summed E-state index contributed by atoms with van der Waals surface area (Å²) < 4.78 is 6.90. The van der Waals surface area contributed by atoms with Crippen molar-refractivity contribution in [1.29, 1.82) is 0 Å². The van der Waals surface area contributed by atoms with Gasteiger partial charge in [-0.25, -0.2) is 4.79 Å². The summed E-state index contributed by atoms with van der Waals surface area (Å²) in [5.41, 5.74) is 1.21. The molecule has 1 aliphatic heterocycles. The van der Waals surface area contributed by atoms with E-state index < -0.39 is 0 Å². The van der Waals surface area contributed by atoms with Gasteiger partial charge in [-0.15, -0.1) is 0 Å². The van der Waals surface area contributed by atoms with Crippen LogP contribution < -0.4 is 5.76 Å². The monoisotopic (exact) mass is 342 g/mol. The van der Waals surface area contributed by atoms with Crippen LogP contribution in [0.2, 0.25) is 10.0 Å². The van der Waals surface area contributed by atoms with E-state index in [1.807, 2.05) is 0 Å². The minimum Gasteiger partial charge on any atom is -0.408 e. The molecule has 1 saturated heterocycles. The van der Waals surface area contributed by atoms with Gasteiger partial charge in [0, 0.05) is 12.6 Å². The van der Waals surface area contributed by atoms with Crippen molar-refractivity contribution in [1.82, 2.24) is 9.47 Å². The van der Waals surface area contributed by atoms with E-state index in [4.69, 9.17) is 27.6 Å². The lowest BCUT2D eigenvalue weighted by atomic mass is 10.2.